The van der Waals surface area contributed by atoms with Gasteiger partial charge in [0.15, 0.2) is 0 Å². The van der Waals surface area contributed by atoms with Gasteiger partial charge in [-0.1, -0.05) is 12.8 Å². The lowest BCUT2D eigenvalue weighted by molar-refractivity contribution is -0.142. The Morgan fingerprint density at radius 3 is 2.95 bits per heavy atom. The summed E-state index contributed by atoms with van der Waals surface area (Å²) in [7, 11) is 1.89. The Morgan fingerprint density at radius 1 is 1.47 bits per heavy atom. The average Bonchev–Trinajstić information content (AvgIpc) is 2.95. The maximum absolute atomic E-state index is 11.5. The maximum Gasteiger partial charge on any atom is 0.320 e. The number of aliphatic carboxylic acids is 1. The van der Waals surface area contributed by atoms with E-state index in [4.69, 9.17) is 0 Å². The number of carbonyl (C=O) groups is 1. The number of fused-ring (bicyclic) bond motifs is 1. The Bertz CT molecular complexity index is 471. The summed E-state index contributed by atoms with van der Waals surface area (Å²) >= 11 is 0. The molecule has 2 fully saturated rings. The van der Waals surface area contributed by atoms with Crippen molar-refractivity contribution in [2.24, 2.45) is 13.0 Å². The third-order valence-electron chi connectivity index (χ3n) is 4.63. The summed E-state index contributed by atoms with van der Waals surface area (Å²) in [6, 6.07) is 0.142. The minimum absolute atomic E-state index is 0.312. The van der Waals surface area contributed by atoms with Crippen LogP contribution in [0.3, 0.4) is 0 Å². The van der Waals surface area contributed by atoms with E-state index in [2.05, 4.69) is 10.00 Å². The van der Waals surface area contributed by atoms with Crippen molar-refractivity contribution in [1.29, 1.82) is 0 Å². The zero-order chi connectivity index (χ0) is 13.4. The molecule has 5 nitrogen and oxygen atoms in total. The largest absolute Gasteiger partial charge is 0.480 e. The van der Waals surface area contributed by atoms with E-state index in [-0.39, 0.29) is 6.04 Å². The molecule has 1 aliphatic carbocycles. The predicted molar refractivity (Wildman–Crippen MR) is 70.5 cm³/mol. The molecule has 1 aromatic rings. The summed E-state index contributed by atoms with van der Waals surface area (Å²) in [6.07, 6.45) is 9.47. The van der Waals surface area contributed by atoms with Crippen LogP contribution in [-0.4, -0.2) is 37.8 Å². The molecule has 2 aliphatic rings. The number of likely N-dealkylation sites (tertiary alicyclic amines) is 1. The molecule has 3 rings (SSSR count). The standard InChI is InChI=1S/C14H21N3O2/c1-16-8-10(7-15-16)9-17-12-5-3-2-4-11(12)6-13(17)14(18)19/h7-8,11-13H,2-6,9H2,1H3,(H,18,19)/t11-,12-,13+/m1/s1. The molecule has 1 saturated heterocycles. The fourth-order valence-corrected chi connectivity index (χ4v) is 3.79. The number of aromatic nitrogens is 2. The molecule has 19 heavy (non-hydrogen) atoms. The van der Waals surface area contributed by atoms with Crippen LogP contribution in [0.1, 0.15) is 37.7 Å². The Hall–Kier alpha value is -1.36. The summed E-state index contributed by atoms with van der Waals surface area (Å²) in [5, 5.41) is 13.6. The number of carboxylic acids is 1. The first-order valence-electron chi connectivity index (χ1n) is 7.11. The molecule has 1 saturated carbocycles. The molecule has 0 radical (unpaired) electrons. The van der Waals surface area contributed by atoms with Gasteiger partial charge in [0, 0.05) is 31.4 Å². The molecule has 0 unspecified atom stereocenters. The lowest BCUT2D eigenvalue weighted by Gasteiger charge is -2.32. The van der Waals surface area contributed by atoms with Crippen LogP contribution in [0.25, 0.3) is 0 Å². The summed E-state index contributed by atoms with van der Waals surface area (Å²) in [6.45, 7) is 0.714. The summed E-state index contributed by atoms with van der Waals surface area (Å²) < 4.78 is 1.78. The highest BCUT2D eigenvalue weighted by atomic mass is 16.4. The van der Waals surface area contributed by atoms with Crippen LogP contribution in [0.5, 0.6) is 0 Å². The van der Waals surface area contributed by atoms with E-state index in [1.807, 2.05) is 19.4 Å². The molecular formula is C14H21N3O2. The van der Waals surface area contributed by atoms with Gasteiger partial charge in [-0.15, -0.1) is 0 Å². The highest BCUT2D eigenvalue weighted by Crippen LogP contribution is 2.40. The molecule has 104 valence electrons. The van der Waals surface area contributed by atoms with Crippen molar-refractivity contribution in [2.45, 2.75) is 50.7 Å². The van der Waals surface area contributed by atoms with Crippen molar-refractivity contribution in [2.75, 3.05) is 0 Å². The number of hydrogen-bond donors (Lipinski definition) is 1. The van der Waals surface area contributed by atoms with E-state index < -0.39 is 5.97 Å². The van der Waals surface area contributed by atoms with Crippen LogP contribution in [0.4, 0.5) is 0 Å². The zero-order valence-electron chi connectivity index (χ0n) is 11.3. The van der Waals surface area contributed by atoms with Crippen LogP contribution in [0.2, 0.25) is 0 Å². The van der Waals surface area contributed by atoms with Crippen LogP contribution in [-0.2, 0) is 18.4 Å². The van der Waals surface area contributed by atoms with Crippen LogP contribution < -0.4 is 0 Å². The number of carboxylic acid groups (broad SMARTS) is 1. The topological polar surface area (TPSA) is 58.4 Å². The molecule has 0 aromatic carbocycles. The lowest BCUT2D eigenvalue weighted by atomic mass is 9.85. The van der Waals surface area contributed by atoms with Gasteiger partial charge in [-0.25, -0.2) is 0 Å². The first kappa shape index (κ1) is 12.7. The van der Waals surface area contributed by atoms with Gasteiger partial charge in [-0.05, 0) is 25.2 Å². The number of rotatable bonds is 3. The zero-order valence-corrected chi connectivity index (χ0v) is 11.3. The highest BCUT2D eigenvalue weighted by Gasteiger charge is 2.44. The van der Waals surface area contributed by atoms with Crippen molar-refractivity contribution in [3.8, 4) is 0 Å². The molecule has 1 aromatic heterocycles. The van der Waals surface area contributed by atoms with Gasteiger partial charge in [0.2, 0.25) is 0 Å². The first-order chi connectivity index (χ1) is 9.15. The molecule has 0 bridgehead atoms. The predicted octanol–water partition coefficient (Wildman–Crippen LogP) is 1.64. The second-order valence-electron chi connectivity index (χ2n) is 5.90. The smallest absolute Gasteiger partial charge is 0.320 e. The first-order valence-corrected chi connectivity index (χ1v) is 7.11. The monoisotopic (exact) mass is 263 g/mol. The van der Waals surface area contributed by atoms with Gasteiger partial charge >= 0.3 is 5.97 Å². The highest BCUT2D eigenvalue weighted by molar-refractivity contribution is 5.74. The Balaban J connectivity index is 1.80. The quantitative estimate of drug-likeness (QED) is 0.900. The Kier molecular flexibility index (Phi) is 3.31. The molecule has 1 aliphatic heterocycles. The second-order valence-corrected chi connectivity index (χ2v) is 5.90. The van der Waals surface area contributed by atoms with Gasteiger partial charge in [-0.2, -0.15) is 5.10 Å². The Labute approximate surface area is 113 Å². The van der Waals surface area contributed by atoms with Gasteiger partial charge in [0.25, 0.3) is 0 Å². The van der Waals surface area contributed by atoms with Crippen LogP contribution in [0.15, 0.2) is 12.4 Å². The van der Waals surface area contributed by atoms with Crippen molar-refractivity contribution in [1.82, 2.24) is 14.7 Å². The number of nitrogens with zero attached hydrogens (tertiary/aromatic N) is 3. The molecule has 0 spiro atoms. The fourth-order valence-electron chi connectivity index (χ4n) is 3.79. The maximum atomic E-state index is 11.5. The number of aryl methyl sites for hydroxylation is 1. The average molecular weight is 263 g/mol. The molecular weight excluding hydrogens is 242 g/mol. The fraction of sp³-hybridized carbons (Fsp3) is 0.714. The van der Waals surface area contributed by atoms with Crippen molar-refractivity contribution in [3.05, 3.63) is 18.0 Å². The SMILES string of the molecule is Cn1cc(CN2[C@@H]3CCCC[C@@H]3C[C@H]2C(=O)O)cn1. The molecule has 0 amide bonds. The van der Waals surface area contributed by atoms with Gasteiger partial charge in [-0.3, -0.25) is 14.4 Å². The van der Waals surface area contributed by atoms with Crippen molar-refractivity contribution >= 4 is 5.97 Å². The van der Waals surface area contributed by atoms with E-state index in [9.17, 15) is 9.90 Å². The van der Waals surface area contributed by atoms with Crippen LogP contribution in [0, 0.1) is 5.92 Å². The molecule has 1 N–H and O–H groups in total. The van der Waals surface area contributed by atoms with Gasteiger partial charge in [0.1, 0.15) is 6.04 Å². The van der Waals surface area contributed by atoms with Crippen LogP contribution >= 0.6 is 0 Å². The molecule has 2 heterocycles. The minimum atomic E-state index is -0.668. The summed E-state index contributed by atoms with van der Waals surface area (Å²) in [5.41, 5.74) is 1.11. The normalized spacial score (nSPS) is 31.3. The van der Waals surface area contributed by atoms with E-state index in [0.29, 0.717) is 18.5 Å². The van der Waals surface area contributed by atoms with E-state index in [1.54, 1.807) is 4.68 Å². The van der Waals surface area contributed by atoms with E-state index in [1.165, 1.54) is 19.3 Å². The number of hydrogen-bond acceptors (Lipinski definition) is 3. The lowest BCUT2D eigenvalue weighted by Crippen LogP contribution is -2.41. The van der Waals surface area contributed by atoms with Gasteiger partial charge in [0.05, 0.1) is 6.20 Å². The third-order valence-corrected chi connectivity index (χ3v) is 4.63. The van der Waals surface area contributed by atoms with Gasteiger partial charge < -0.3 is 5.11 Å². The van der Waals surface area contributed by atoms with Crippen molar-refractivity contribution < 1.29 is 9.90 Å². The molecule has 3 atom stereocenters. The van der Waals surface area contributed by atoms with E-state index >= 15 is 0 Å². The third kappa shape index (κ3) is 2.39. The minimum Gasteiger partial charge on any atom is -0.480 e. The summed E-state index contributed by atoms with van der Waals surface area (Å²) in [4.78, 5) is 13.7. The Morgan fingerprint density at radius 2 is 2.26 bits per heavy atom. The van der Waals surface area contributed by atoms with Crippen molar-refractivity contribution in [3.63, 3.8) is 0 Å². The summed E-state index contributed by atoms with van der Waals surface area (Å²) in [5.74, 6) is -0.0928. The molecule has 5 heteroatoms. The second kappa shape index (κ2) is 4.96. The van der Waals surface area contributed by atoms with E-state index in [0.717, 1.165) is 18.4 Å².